The van der Waals surface area contributed by atoms with Crippen molar-refractivity contribution in [2.75, 3.05) is 13.2 Å². The molecule has 1 aliphatic heterocycles. The lowest BCUT2D eigenvalue weighted by Gasteiger charge is -2.26. The Kier molecular flexibility index (Phi) is 2.82. The van der Waals surface area contributed by atoms with Crippen molar-refractivity contribution >= 4 is 5.65 Å². The molecular formula is C13H16N2O2. The third-order valence-corrected chi connectivity index (χ3v) is 3.32. The number of nitrogens with zero attached hydrogens (tertiary/aromatic N) is 2. The molecule has 0 bridgehead atoms. The van der Waals surface area contributed by atoms with Crippen LogP contribution in [0.1, 0.15) is 12.1 Å². The van der Waals surface area contributed by atoms with Gasteiger partial charge >= 0.3 is 0 Å². The molecule has 1 saturated heterocycles. The Bertz CT molecular complexity index is 476. The van der Waals surface area contributed by atoms with E-state index >= 15 is 0 Å². The molecular weight excluding hydrogens is 216 g/mol. The fraction of sp³-hybridized carbons (Fsp3) is 0.462. The summed E-state index contributed by atoms with van der Waals surface area (Å²) in [6, 6.07) is 5.94. The SMILES string of the molecule is OC1CCOCC1Cc1cn2ccccc2n1. The van der Waals surface area contributed by atoms with Crippen LogP contribution in [0.3, 0.4) is 0 Å². The summed E-state index contributed by atoms with van der Waals surface area (Å²) in [6.07, 6.45) is 5.27. The Morgan fingerprint density at radius 1 is 1.47 bits per heavy atom. The number of aliphatic hydroxyl groups excluding tert-OH is 1. The number of aromatic nitrogens is 2. The summed E-state index contributed by atoms with van der Waals surface area (Å²) in [7, 11) is 0. The number of pyridine rings is 1. The zero-order valence-corrected chi connectivity index (χ0v) is 9.62. The van der Waals surface area contributed by atoms with Crippen LogP contribution in [-0.2, 0) is 11.2 Å². The molecule has 0 aliphatic carbocycles. The van der Waals surface area contributed by atoms with Crippen LogP contribution in [0, 0.1) is 5.92 Å². The fourth-order valence-corrected chi connectivity index (χ4v) is 2.33. The van der Waals surface area contributed by atoms with E-state index in [2.05, 4.69) is 4.98 Å². The summed E-state index contributed by atoms with van der Waals surface area (Å²) in [5, 5.41) is 9.89. The molecule has 2 unspecified atom stereocenters. The average Bonchev–Trinajstić information content (AvgIpc) is 2.74. The van der Waals surface area contributed by atoms with Gasteiger partial charge in [-0.1, -0.05) is 6.07 Å². The summed E-state index contributed by atoms with van der Waals surface area (Å²) < 4.78 is 7.41. The van der Waals surface area contributed by atoms with Crippen LogP contribution in [0.2, 0.25) is 0 Å². The van der Waals surface area contributed by atoms with Gasteiger partial charge in [-0.2, -0.15) is 0 Å². The van der Waals surface area contributed by atoms with Crippen molar-refractivity contribution in [1.82, 2.24) is 9.38 Å². The molecule has 1 N–H and O–H groups in total. The summed E-state index contributed by atoms with van der Waals surface area (Å²) >= 11 is 0. The normalized spacial score (nSPS) is 25.2. The molecule has 2 atom stereocenters. The van der Waals surface area contributed by atoms with Gasteiger partial charge < -0.3 is 14.2 Å². The predicted molar refractivity (Wildman–Crippen MR) is 63.8 cm³/mol. The minimum absolute atomic E-state index is 0.175. The number of rotatable bonds is 2. The number of aliphatic hydroxyl groups is 1. The quantitative estimate of drug-likeness (QED) is 0.848. The maximum absolute atomic E-state index is 9.89. The molecule has 0 saturated carbocycles. The lowest BCUT2D eigenvalue weighted by molar-refractivity contribution is -0.0353. The molecule has 0 amide bonds. The molecule has 4 heteroatoms. The van der Waals surface area contributed by atoms with Gasteiger partial charge in [-0.05, 0) is 25.0 Å². The summed E-state index contributed by atoms with van der Waals surface area (Å²) in [5.41, 5.74) is 1.97. The van der Waals surface area contributed by atoms with Crippen molar-refractivity contribution in [3.63, 3.8) is 0 Å². The Labute approximate surface area is 99.9 Å². The van der Waals surface area contributed by atoms with E-state index in [4.69, 9.17) is 4.74 Å². The molecule has 0 radical (unpaired) electrons. The molecule has 3 heterocycles. The average molecular weight is 232 g/mol. The number of hydrogen-bond acceptors (Lipinski definition) is 3. The van der Waals surface area contributed by atoms with E-state index < -0.39 is 0 Å². The van der Waals surface area contributed by atoms with Crippen LogP contribution >= 0.6 is 0 Å². The first-order valence-corrected chi connectivity index (χ1v) is 6.01. The standard InChI is InChI=1S/C13H16N2O2/c16-12-4-6-17-9-10(12)7-11-8-15-5-2-1-3-13(15)14-11/h1-3,5,8,10,12,16H,4,6-7,9H2. The van der Waals surface area contributed by atoms with Gasteiger partial charge in [0.2, 0.25) is 0 Å². The first-order valence-electron chi connectivity index (χ1n) is 6.01. The number of imidazole rings is 1. The van der Waals surface area contributed by atoms with Crippen LogP contribution in [0.4, 0.5) is 0 Å². The maximum atomic E-state index is 9.89. The highest BCUT2D eigenvalue weighted by Crippen LogP contribution is 2.19. The van der Waals surface area contributed by atoms with Crippen molar-refractivity contribution in [3.05, 3.63) is 36.3 Å². The molecule has 2 aromatic heterocycles. The molecule has 0 aromatic carbocycles. The van der Waals surface area contributed by atoms with Gasteiger partial charge in [-0.25, -0.2) is 4.98 Å². The number of fused-ring (bicyclic) bond motifs is 1. The highest BCUT2D eigenvalue weighted by molar-refractivity contribution is 5.39. The van der Waals surface area contributed by atoms with Gasteiger partial charge in [-0.15, -0.1) is 0 Å². The van der Waals surface area contributed by atoms with E-state index in [0.29, 0.717) is 13.2 Å². The van der Waals surface area contributed by atoms with Crippen molar-refractivity contribution < 1.29 is 9.84 Å². The lowest BCUT2D eigenvalue weighted by atomic mass is 9.94. The smallest absolute Gasteiger partial charge is 0.136 e. The third kappa shape index (κ3) is 2.18. The second-order valence-corrected chi connectivity index (χ2v) is 4.59. The Morgan fingerprint density at radius 3 is 3.24 bits per heavy atom. The zero-order valence-electron chi connectivity index (χ0n) is 9.62. The van der Waals surface area contributed by atoms with Gasteiger partial charge in [0.05, 0.1) is 18.4 Å². The summed E-state index contributed by atoms with van der Waals surface area (Å²) in [5.74, 6) is 0.175. The second kappa shape index (κ2) is 4.47. The number of hydrogen-bond donors (Lipinski definition) is 1. The topological polar surface area (TPSA) is 46.8 Å². The van der Waals surface area contributed by atoms with E-state index in [1.165, 1.54) is 0 Å². The van der Waals surface area contributed by atoms with Crippen LogP contribution < -0.4 is 0 Å². The highest BCUT2D eigenvalue weighted by atomic mass is 16.5. The molecule has 3 rings (SSSR count). The van der Waals surface area contributed by atoms with E-state index in [9.17, 15) is 5.11 Å². The largest absolute Gasteiger partial charge is 0.393 e. The number of ether oxygens (including phenoxy) is 1. The van der Waals surface area contributed by atoms with Crippen LogP contribution in [0.15, 0.2) is 30.6 Å². The van der Waals surface area contributed by atoms with Gasteiger partial charge in [0.25, 0.3) is 0 Å². The van der Waals surface area contributed by atoms with Crippen LogP contribution in [0.25, 0.3) is 5.65 Å². The van der Waals surface area contributed by atoms with Crippen molar-refractivity contribution in [1.29, 1.82) is 0 Å². The highest BCUT2D eigenvalue weighted by Gasteiger charge is 2.24. The third-order valence-electron chi connectivity index (χ3n) is 3.32. The Morgan fingerprint density at radius 2 is 2.41 bits per heavy atom. The summed E-state index contributed by atoms with van der Waals surface area (Å²) in [4.78, 5) is 4.54. The van der Waals surface area contributed by atoms with Crippen LogP contribution in [-0.4, -0.2) is 33.8 Å². The molecule has 4 nitrogen and oxygen atoms in total. The summed E-state index contributed by atoms with van der Waals surface area (Å²) in [6.45, 7) is 1.30. The minimum atomic E-state index is -0.256. The van der Waals surface area contributed by atoms with Crippen molar-refractivity contribution in [2.24, 2.45) is 5.92 Å². The maximum Gasteiger partial charge on any atom is 0.136 e. The molecule has 1 aliphatic rings. The zero-order chi connectivity index (χ0) is 11.7. The fourth-order valence-electron chi connectivity index (χ4n) is 2.33. The van der Waals surface area contributed by atoms with E-state index in [1.54, 1.807) is 0 Å². The molecule has 1 fully saturated rings. The van der Waals surface area contributed by atoms with Gasteiger partial charge in [0.1, 0.15) is 5.65 Å². The van der Waals surface area contributed by atoms with Gasteiger partial charge in [0.15, 0.2) is 0 Å². The minimum Gasteiger partial charge on any atom is -0.393 e. The van der Waals surface area contributed by atoms with Gasteiger partial charge in [-0.3, -0.25) is 0 Å². The first kappa shape index (κ1) is 10.7. The van der Waals surface area contributed by atoms with Crippen LogP contribution in [0.5, 0.6) is 0 Å². The molecule has 0 spiro atoms. The Hall–Kier alpha value is -1.39. The second-order valence-electron chi connectivity index (χ2n) is 4.59. The van der Waals surface area contributed by atoms with Crippen molar-refractivity contribution in [3.8, 4) is 0 Å². The predicted octanol–water partition coefficient (Wildman–Crippen LogP) is 1.27. The molecule has 90 valence electrons. The van der Waals surface area contributed by atoms with E-state index in [1.807, 2.05) is 35.0 Å². The first-order chi connectivity index (χ1) is 8.33. The van der Waals surface area contributed by atoms with Crippen molar-refractivity contribution in [2.45, 2.75) is 18.9 Å². The lowest BCUT2D eigenvalue weighted by Crippen LogP contribution is -2.33. The Balaban J connectivity index is 1.79. The van der Waals surface area contributed by atoms with E-state index in [-0.39, 0.29) is 12.0 Å². The van der Waals surface area contributed by atoms with E-state index in [0.717, 1.165) is 24.2 Å². The monoisotopic (exact) mass is 232 g/mol. The van der Waals surface area contributed by atoms with Gasteiger partial charge in [0, 0.05) is 24.9 Å². The molecule has 17 heavy (non-hydrogen) atoms. The molecule has 2 aromatic rings.